The molecule has 0 aliphatic carbocycles. The number of allylic oxidation sites excluding steroid dienone is 1. The third-order valence-corrected chi connectivity index (χ3v) is 2.44. The highest BCUT2D eigenvalue weighted by molar-refractivity contribution is 5.49. The summed E-state index contributed by atoms with van der Waals surface area (Å²) in [5.41, 5.74) is 1.13. The molecule has 1 rings (SSSR count). The van der Waals surface area contributed by atoms with Gasteiger partial charge in [-0.15, -0.1) is 6.58 Å². The molecule has 1 atom stereocenters. The summed E-state index contributed by atoms with van der Waals surface area (Å²) >= 11 is 0. The van der Waals surface area contributed by atoms with Crippen molar-refractivity contribution in [1.29, 1.82) is 0 Å². The van der Waals surface area contributed by atoms with Crippen molar-refractivity contribution in [2.24, 2.45) is 0 Å². The van der Waals surface area contributed by atoms with Crippen molar-refractivity contribution in [2.75, 3.05) is 13.2 Å². The third-order valence-electron chi connectivity index (χ3n) is 2.44. The molecule has 0 saturated carbocycles. The zero-order valence-corrected chi connectivity index (χ0v) is 10.3. The molecule has 1 aromatic rings. The average Bonchev–Trinajstić information content (AvgIpc) is 2.31. The molecule has 0 aliphatic rings. The normalized spacial score (nSPS) is 11.9. The summed E-state index contributed by atoms with van der Waals surface area (Å²) in [7, 11) is 0. The van der Waals surface area contributed by atoms with Crippen molar-refractivity contribution in [2.45, 2.75) is 26.7 Å². The van der Waals surface area contributed by atoms with Crippen LogP contribution in [0, 0.1) is 0 Å². The lowest BCUT2D eigenvalue weighted by Gasteiger charge is -2.17. The van der Waals surface area contributed by atoms with E-state index in [0.717, 1.165) is 17.1 Å². The van der Waals surface area contributed by atoms with Crippen LogP contribution in [-0.4, -0.2) is 13.2 Å². The largest absolute Gasteiger partial charge is 0.490 e. The van der Waals surface area contributed by atoms with Gasteiger partial charge in [0.2, 0.25) is 0 Å². The van der Waals surface area contributed by atoms with Gasteiger partial charge in [-0.25, -0.2) is 0 Å². The van der Waals surface area contributed by atoms with Gasteiger partial charge < -0.3 is 9.47 Å². The fourth-order valence-electron chi connectivity index (χ4n) is 1.59. The highest BCUT2D eigenvalue weighted by Gasteiger charge is 2.13. The molecule has 16 heavy (non-hydrogen) atoms. The Bertz CT molecular complexity index is 345. The summed E-state index contributed by atoms with van der Waals surface area (Å²) in [6.45, 7) is 11.1. The van der Waals surface area contributed by atoms with Gasteiger partial charge >= 0.3 is 0 Å². The predicted octanol–water partition coefficient (Wildman–Crippen LogP) is 3.77. The lowest BCUT2D eigenvalue weighted by molar-refractivity contribution is 0.285. The van der Waals surface area contributed by atoms with Gasteiger partial charge in [0, 0.05) is 11.5 Å². The van der Waals surface area contributed by atoms with Crippen molar-refractivity contribution in [3.05, 3.63) is 36.4 Å². The molecule has 0 amide bonds. The lowest BCUT2D eigenvalue weighted by Crippen LogP contribution is -2.02. The summed E-state index contributed by atoms with van der Waals surface area (Å²) < 4.78 is 11.2. The molecule has 1 aromatic carbocycles. The van der Waals surface area contributed by atoms with E-state index >= 15 is 0 Å². The van der Waals surface area contributed by atoms with E-state index in [1.165, 1.54) is 0 Å². The van der Waals surface area contributed by atoms with E-state index in [0.29, 0.717) is 13.2 Å². The Hall–Kier alpha value is -1.44. The van der Waals surface area contributed by atoms with Crippen LogP contribution in [0.25, 0.3) is 0 Å². The van der Waals surface area contributed by atoms with Crippen LogP contribution in [0.15, 0.2) is 30.9 Å². The summed E-state index contributed by atoms with van der Waals surface area (Å²) in [4.78, 5) is 0. The van der Waals surface area contributed by atoms with Crippen LogP contribution in [0.1, 0.15) is 32.3 Å². The summed E-state index contributed by atoms with van der Waals surface area (Å²) in [6.07, 6.45) is 1.91. The van der Waals surface area contributed by atoms with E-state index in [2.05, 4.69) is 19.6 Å². The maximum absolute atomic E-state index is 5.67. The van der Waals surface area contributed by atoms with E-state index in [4.69, 9.17) is 9.47 Å². The van der Waals surface area contributed by atoms with Gasteiger partial charge in [-0.05, 0) is 19.9 Å². The molecule has 88 valence electrons. The Morgan fingerprint density at radius 2 is 1.94 bits per heavy atom. The van der Waals surface area contributed by atoms with Crippen LogP contribution in [-0.2, 0) is 0 Å². The second kappa shape index (κ2) is 6.21. The van der Waals surface area contributed by atoms with E-state index in [9.17, 15) is 0 Å². The van der Waals surface area contributed by atoms with Crippen LogP contribution in [0.5, 0.6) is 11.5 Å². The number of ether oxygens (including phenoxy) is 2. The number of hydrogen-bond donors (Lipinski definition) is 0. The van der Waals surface area contributed by atoms with Gasteiger partial charge in [0.15, 0.2) is 11.5 Å². The molecular formula is C14H20O2. The zero-order chi connectivity index (χ0) is 12.0. The first-order chi connectivity index (χ1) is 7.74. The lowest BCUT2D eigenvalue weighted by atomic mass is 10.00. The molecule has 1 unspecified atom stereocenters. The van der Waals surface area contributed by atoms with Crippen LogP contribution in [0.4, 0.5) is 0 Å². The van der Waals surface area contributed by atoms with Crippen molar-refractivity contribution in [3.63, 3.8) is 0 Å². The van der Waals surface area contributed by atoms with E-state index < -0.39 is 0 Å². The Morgan fingerprint density at radius 3 is 2.50 bits per heavy atom. The summed E-state index contributed by atoms with van der Waals surface area (Å²) in [5, 5.41) is 0. The van der Waals surface area contributed by atoms with Gasteiger partial charge in [-0.2, -0.15) is 0 Å². The molecule has 0 radical (unpaired) electrons. The molecule has 0 spiro atoms. The second-order valence-electron chi connectivity index (χ2n) is 3.56. The minimum atomic E-state index is 0.266. The highest BCUT2D eigenvalue weighted by Crippen LogP contribution is 2.36. The maximum Gasteiger partial charge on any atom is 0.164 e. The molecule has 2 nitrogen and oxygen atoms in total. The molecule has 2 heteroatoms. The van der Waals surface area contributed by atoms with Crippen molar-refractivity contribution >= 4 is 0 Å². The third kappa shape index (κ3) is 2.78. The quantitative estimate of drug-likeness (QED) is 0.679. The highest BCUT2D eigenvalue weighted by atomic mass is 16.5. The molecule has 0 aromatic heterocycles. The van der Waals surface area contributed by atoms with E-state index in [-0.39, 0.29) is 5.92 Å². The molecule has 0 N–H and O–H groups in total. The smallest absolute Gasteiger partial charge is 0.164 e. The van der Waals surface area contributed by atoms with Crippen LogP contribution >= 0.6 is 0 Å². The minimum absolute atomic E-state index is 0.266. The standard InChI is InChI=1S/C14H20O2/c1-5-11(4)12-9-8-10-13(15-6-2)14(12)16-7-3/h5,8-11H,1,6-7H2,2-4H3. The first-order valence-corrected chi connectivity index (χ1v) is 5.75. The van der Waals surface area contributed by atoms with E-state index in [1.807, 2.05) is 32.1 Å². The van der Waals surface area contributed by atoms with Crippen LogP contribution in [0.2, 0.25) is 0 Å². The zero-order valence-electron chi connectivity index (χ0n) is 10.3. The molecule has 0 bridgehead atoms. The Morgan fingerprint density at radius 1 is 1.25 bits per heavy atom. The van der Waals surface area contributed by atoms with Gasteiger partial charge in [-0.1, -0.05) is 25.1 Å². The van der Waals surface area contributed by atoms with Crippen LogP contribution < -0.4 is 9.47 Å². The molecule has 0 saturated heterocycles. The second-order valence-corrected chi connectivity index (χ2v) is 3.56. The molecule has 0 heterocycles. The molecule has 0 fully saturated rings. The SMILES string of the molecule is C=CC(C)c1cccc(OCC)c1OCC. The Labute approximate surface area is 97.9 Å². The fourth-order valence-corrected chi connectivity index (χ4v) is 1.59. The molecular weight excluding hydrogens is 200 g/mol. The first-order valence-electron chi connectivity index (χ1n) is 5.75. The average molecular weight is 220 g/mol. The van der Waals surface area contributed by atoms with Crippen LogP contribution in [0.3, 0.4) is 0 Å². The molecule has 0 aliphatic heterocycles. The number of rotatable bonds is 6. The van der Waals surface area contributed by atoms with Crippen molar-refractivity contribution in [1.82, 2.24) is 0 Å². The minimum Gasteiger partial charge on any atom is -0.490 e. The fraction of sp³-hybridized carbons (Fsp3) is 0.429. The topological polar surface area (TPSA) is 18.5 Å². The predicted molar refractivity (Wildman–Crippen MR) is 67.4 cm³/mol. The first kappa shape index (κ1) is 12.6. The monoisotopic (exact) mass is 220 g/mol. The number of hydrogen-bond acceptors (Lipinski definition) is 2. The number of para-hydroxylation sites is 1. The van der Waals surface area contributed by atoms with Crippen molar-refractivity contribution in [3.8, 4) is 11.5 Å². The Balaban J connectivity index is 3.14. The van der Waals surface area contributed by atoms with Gasteiger partial charge in [0.05, 0.1) is 13.2 Å². The van der Waals surface area contributed by atoms with Gasteiger partial charge in [0.25, 0.3) is 0 Å². The van der Waals surface area contributed by atoms with Crippen molar-refractivity contribution < 1.29 is 9.47 Å². The van der Waals surface area contributed by atoms with Gasteiger partial charge in [0.1, 0.15) is 0 Å². The summed E-state index contributed by atoms with van der Waals surface area (Å²) in [5.74, 6) is 1.93. The number of benzene rings is 1. The summed E-state index contributed by atoms with van der Waals surface area (Å²) in [6, 6.07) is 5.98. The van der Waals surface area contributed by atoms with Gasteiger partial charge in [-0.3, -0.25) is 0 Å². The maximum atomic E-state index is 5.67. The van der Waals surface area contributed by atoms with E-state index in [1.54, 1.807) is 0 Å². The Kier molecular flexibility index (Phi) is 4.90.